The molecule has 1 amide bonds. The Labute approximate surface area is 296 Å². The summed E-state index contributed by atoms with van der Waals surface area (Å²) < 4.78 is 21.1. The van der Waals surface area contributed by atoms with Gasteiger partial charge >= 0.3 is 5.97 Å². The standard InChI is InChI=1S/C41H44FN3O4S/c1-2-3-16-36(38(47)44-23-21-41(22-24-44)27-31(39(48)49-41)25-28-17-19-32(42)20-18-28)50-40-43-35-15-8-7-14-34(35)37(46)45(40)33-13-9-12-30(26-33)29-10-5-4-6-11-29/h7-10,12-15,17-20,26,31,36H,2-6,11,16,21-25,27H2,1H3. The van der Waals surface area contributed by atoms with Gasteiger partial charge in [-0.25, -0.2) is 9.37 Å². The number of hydrogen-bond donors (Lipinski definition) is 0. The Hall–Kier alpha value is -4.24. The summed E-state index contributed by atoms with van der Waals surface area (Å²) in [6.45, 7) is 3.10. The molecule has 3 heterocycles. The second-order valence-electron chi connectivity index (χ2n) is 14.0. The lowest BCUT2D eigenvalue weighted by molar-refractivity contribution is -0.155. The molecule has 2 fully saturated rings. The molecule has 0 radical (unpaired) electrons. The quantitative estimate of drug-likeness (QED) is 0.0945. The number of para-hydroxylation sites is 1. The number of rotatable bonds is 10. The predicted octanol–water partition coefficient (Wildman–Crippen LogP) is 8.30. The molecular formula is C41H44FN3O4S. The van der Waals surface area contributed by atoms with E-state index in [0.717, 1.165) is 48.9 Å². The number of thioether (sulfide) groups is 1. The third-order valence-corrected chi connectivity index (χ3v) is 11.7. The van der Waals surface area contributed by atoms with Crippen molar-refractivity contribution in [1.29, 1.82) is 0 Å². The zero-order chi connectivity index (χ0) is 34.7. The minimum Gasteiger partial charge on any atom is -0.459 e. The molecule has 3 aromatic carbocycles. The van der Waals surface area contributed by atoms with Crippen LogP contribution in [0.15, 0.2) is 88.8 Å². The minimum atomic E-state index is -0.580. The number of nitrogens with zero attached hydrogens (tertiary/aromatic N) is 3. The highest BCUT2D eigenvalue weighted by Crippen LogP contribution is 2.41. The number of amides is 1. The van der Waals surface area contributed by atoms with Gasteiger partial charge < -0.3 is 9.64 Å². The smallest absolute Gasteiger partial charge is 0.309 e. The zero-order valence-corrected chi connectivity index (χ0v) is 29.4. The largest absolute Gasteiger partial charge is 0.459 e. The van der Waals surface area contributed by atoms with Crippen LogP contribution in [0, 0.1) is 11.7 Å². The number of halogens is 1. The maximum atomic E-state index is 14.3. The fourth-order valence-electron chi connectivity index (χ4n) is 7.69. The number of benzene rings is 3. The highest BCUT2D eigenvalue weighted by Gasteiger charge is 2.49. The number of aromatic nitrogens is 2. The third-order valence-electron chi connectivity index (χ3n) is 10.5. The number of likely N-dealkylation sites (tertiary alicyclic amines) is 1. The van der Waals surface area contributed by atoms with Crippen LogP contribution in [-0.2, 0) is 20.7 Å². The van der Waals surface area contributed by atoms with E-state index in [1.54, 1.807) is 16.7 Å². The molecule has 1 spiro atoms. The minimum absolute atomic E-state index is 0.0283. The number of carbonyl (C=O) groups excluding carboxylic acids is 2. The number of carbonyl (C=O) groups is 2. The average molecular weight is 694 g/mol. The normalized spacial score (nSPS) is 19.4. The predicted molar refractivity (Wildman–Crippen MR) is 196 cm³/mol. The molecule has 3 aliphatic rings. The van der Waals surface area contributed by atoms with Gasteiger partial charge in [0.05, 0.1) is 27.8 Å². The second-order valence-corrected chi connectivity index (χ2v) is 15.2. The highest BCUT2D eigenvalue weighted by molar-refractivity contribution is 8.00. The molecule has 9 heteroatoms. The van der Waals surface area contributed by atoms with Gasteiger partial charge in [0.2, 0.25) is 5.91 Å². The Morgan fingerprint density at radius 1 is 1.04 bits per heavy atom. The number of allylic oxidation sites excluding steroid dienone is 2. The summed E-state index contributed by atoms with van der Waals surface area (Å²) in [5.41, 5.74) is 3.97. The van der Waals surface area contributed by atoms with Crippen LogP contribution < -0.4 is 5.56 Å². The van der Waals surface area contributed by atoms with Crippen LogP contribution in [-0.4, -0.2) is 50.3 Å². The van der Waals surface area contributed by atoms with E-state index in [1.165, 1.54) is 35.9 Å². The average Bonchev–Trinajstić information content (AvgIpc) is 3.44. The van der Waals surface area contributed by atoms with Crippen molar-refractivity contribution in [3.63, 3.8) is 0 Å². The number of fused-ring (bicyclic) bond motifs is 1. The van der Waals surface area contributed by atoms with Crippen molar-refractivity contribution in [1.82, 2.24) is 14.5 Å². The summed E-state index contributed by atoms with van der Waals surface area (Å²) >= 11 is 1.38. The highest BCUT2D eigenvalue weighted by atomic mass is 32.2. The van der Waals surface area contributed by atoms with Gasteiger partial charge in [-0.1, -0.05) is 74.0 Å². The second kappa shape index (κ2) is 14.9. The maximum Gasteiger partial charge on any atom is 0.309 e. The van der Waals surface area contributed by atoms with E-state index in [2.05, 4.69) is 25.1 Å². The Balaban J connectivity index is 1.12. The molecule has 1 aromatic heterocycles. The third kappa shape index (κ3) is 7.29. The summed E-state index contributed by atoms with van der Waals surface area (Å²) in [5.74, 6) is -0.762. The molecule has 260 valence electrons. The van der Waals surface area contributed by atoms with Crippen LogP contribution in [0.5, 0.6) is 0 Å². The summed E-state index contributed by atoms with van der Waals surface area (Å²) in [4.78, 5) is 48.3. The first-order valence-corrected chi connectivity index (χ1v) is 18.9. The van der Waals surface area contributed by atoms with Crippen LogP contribution >= 0.6 is 11.8 Å². The van der Waals surface area contributed by atoms with Crippen molar-refractivity contribution in [2.45, 2.75) is 93.6 Å². The topological polar surface area (TPSA) is 81.5 Å². The summed E-state index contributed by atoms with van der Waals surface area (Å²) in [6.07, 6.45) is 11.5. The lowest BCUT2D eigenvalue weighted by atomic mass is 9.83. The molecule has 2 unspecified atom stereocenters. The number of hydrogen-bond acceptors (Lipinski definition) is 6. The van der Waals surface area contributed by atoms with E-state index >= 15 is 0 Å². The van der Waals surface area contributed by atoms with Crippen LogP contribution in [0.2, 0.25) is 0 Å². The van der Waals surface area contributed by atoms with Crippen molar-refractivity contribution in [3.8, 4) is 5.69 Å². The zero-order valence-electron chi connectivity index (χ0n) is 28.6. The molecule has 2 saturated heterocycles. The monoisotopic (exact) mass is 693 g/mol. The molecule has 2 aliphatic heterocycles. The lowest BCUT2D eigenvalue weighted by Gasteiger charge is -2.39. The number of ether oxygens (including phenoxy) is 1. The molecule has 2 atom stereocenters. The molecule has 4 aromatic rings. The first kappa shape index (κ1) is 34.2. The molecular weight excluding hydrogens is 650 g/mol. The number of unbranched alkanes of at least 4 members (excludes halogenated alkanes) is 1. The van der Waals surface area contributed by atoms with Crippen molar-refractivity contribution >= 4 is 40.1 Å². The van der Waals surface area contributed by atoms with Crippen LogP contribution in [0.25, 0.3) is 22.2 Å². The van der Waals surface area contributed by atoms with Gasteiger partial charge in [0.15, 0.2) is 5.16 Å². The van der Waals surface area contributed by atoms with E-state index in [0.29, 0.717) is 61.3 Å². The van der Waals surface area contributed by atoms with Crippen LogP contribution in [0.3, 0.4) is 0 Å². The first-order valence-electron chi connectivity index (χ1n) is 18.1. The van der Waals surface area contributed by atoms with Gasteiger partial charge in [0.25, 0.3) is 5.56 Å². The van der Waals surface area contributed by atoms with E-state index in [9.17, 15) is 18.8 Å². The van der Waals surface area contributed by atoms with Gasteiger partial charge in [0.1, 0.15) is 11.4 Å². The molecule has 0 bridgehead atoms. The van der Waals surface area contributed by atoms with Gasteiger partial charge in [-0.05, 0) is 91.6 Å². The Kier molecular flexibility index (Phi) is 10.2. The maximum absolute atomic E-state index is 14.3. The molecule has 0 saturated carbocycles. The molecule has 50 heavy (non-hydrogen) atoms. The summed E-state index contributed by atoms with van der Waals surface area (Å²) in [5, 5.41) is 0.630. The van der Waals surface area contributed by atoms with Crippen LogP contribution in [0.4, 0.5) is 4.39 Å². The van der Waals surface area contributed by atoms with Gasteiger partial charge in [0, 0.05) is 32.4 Å². The molecule has 0 N–H and O–H groups in total. The molecule has 7 rings (SSSR count). The van der Waals surface area contributed by atoms with Crippen molar-refractivity contribution in [2.75, 3.05) is 13.1 Å². The van der Waals surface area contributed by atoms with Gasteiger partial charge in [-0.3, -0.25) is 19.0 Å². The van der Waals surface area contributed by atoms with Crippen molar-refractivity contribution < 1.29 is 18.7 Å². The Morgan fingerprint density at radius 2 is 1.84 bits per heavy atom. The first-order chi connectivity index (χ1) is 24.3. The Morgan fingerprint density at radius 3 is 2.60 bits per heavy atom. The van der Waals surface area contributed by atoms with E-state index in [4.69, 9.17) is 9.72 Å². The van der Waals surface area contributed by atoms with Gasteiger partial charge in [-0.15, -0.1) is 0 Å². The van der Waals surface area contributed by atoms with Crippen LogP contribution in [0.1, 0.15) is 82.3 Å². The fourth-order valence-corrected chi connectivity index (χ4v) is 8.92. The lowest BCUT2D eigenvalue weighted by Crippen LogP contribution is -2.49. The Bertz CT molecular complexity index is 1960. The summed E-state index contributed by atoms with van der Waals surface area (Å²) in [7, 11) is 0. The van der Waals surface area contributed by atoms with Gasteiger partial charge in [-0.2, -0.15) is 0 Å². The fraction of sp³-hybridized carbons (Fsp3) is 0.415. The number of esters is 1. The SMILES string of the molecule is CCCCC(Sc1nc2ccccc2c(=O)n1-c1cccc(C2=CCCCC2)c1)C(=O)N1CCC2(CC1)CC(Cc1ccc(F)cc1)C(=O)O2. The van der Waals surface area contributed by atoms with E-state index in [1.807, 2.05) is 41.3 Å². The number of piperidine rings is 1. The van der Waals surface area contributed by atoms with Crippen molar-refractivity contribution in [2.24, 2.45) is 5.92 Å². The molecule has 7 nitrogen and oxygen atoms in total. The van der Waals surface area contributed by atoms with E-state index < -0.39 is 10.9 Å². The van der Waals surface area contributed by atoms with E-state index in [-0.39, 0.29) is 29.2 Å². The molecule has 1 aliphatic carbocycles. The van der Waals surface area contributed by atoms with Crippen molar-refractivity contribution in [3.05, 3.63) is 106 Å². The summed E-state index contributed by atoms with van der Waals surface area (Å²) in [6, 6.07) is 21.8.